The topological polar surface area (TPSA) is 63.6 Å². The Hall–Kier alpha value is -1.56. The Bertz CT molecular complexity index is 622. The van der Waals surface area contributed by atoms with Gasteiger partial charge in [-0.3, -0.25) is 0 Å². The molecule has 0 unspecified atom stereocenters. The first-order chi connectivity index (χ1) is 9.69. The average molecular weight is 334 g/mol. The van der Waals surface area contributed by atoms with Gasteiger partial charge in [-0.25, -0.2) is 19.9 Å². The SMILES string of the molecule is CCNc1nc(-c2ncc(C)cn2)nc(C2CC2)c1Br. The molecule has 0 aliphatic heterocycles. The predicted molar refractivity (Wildman–Crippen MR) is 81.6 cm³/mol. The fourth-order valence-corrected chi connectivity index (χ4v) is 2.63. The Kier molecular flexibility index (Phi) is 3.65. The minimum atomic E-state index is 0.536. The van der Waals surface area contributed by atoms with E-state index in [1.807, 2.05) is 13.8 Å². The zero-order valence-electron chi connectivity index (χ0n) is 11.5. The smallest absolute Gasteiger partial charge is 0.200 e. The third kappa shape index (κ3) is 2.65. The van der Waals surface area contributed by atoms with Crippen molar-refractivity contribution in [2.75, 3.05) is 11.9 Å². The fourth-order valence-electron chi connectivity index (χ4n) is 1.98. The van der Waals surface area contributed by atoms with E-state index in [1.54, 1.807) is 12.4 Å². The molecular formula is C14H16BrN5. The molecule has 1 aliphatic carbocycles. The van der Waals surface area contributed by atoms with Crippen LogP contribution in [0.5, 0.6) is 0 Å². The second kappa shape index (κ2) is 5.44. The molecule has 1 N–H and O–H groups in total. The van der Waals surface area contributed by atoms with Gasteiger partial charge in [-0.05, 0) is 48.2 Å². The highest BCUT2D eigenvalue weighted by Gasteiger charge is 2.29. The van der Waals surface area contributed by atoms with Crippen LogP contribution in [-0.4, -0.2) is 26.5 Å². The number of rotatable bonds is 4. The van der Waals surface area contributed by atoms with E-state index in [0.29, 0.717) is 17.6 Å². The monoisotopic (exact) mass is 333 g/mol. The molecule has 0 amide bonds. The van der Waals surface area contributed by atoms with E-state index in [1.165, 1.54) is 12.8 Å². The second-order valence-corrected chi connectivity index (χ2v) is 5.78. The molecule has 1 aliphatic rings. The summed E-state index contributed by atoms with van der Waals surface area (Å²) in [4.78, 5) is 17.8. The second-order valence-electron chi connectivity index (χ2n) is 4.98. The van der Waals surface area contributed by atoms with Crippen molar-refractivity contribution >= 4 is 21.7 Å². The lowest BCUT2D eigenvalue weighted by molar-refractivity contribution is 0.955. The van der Waals surface area contributed by atoms with Crippen LogP contribution >= 0.6 is 15.9 Å². The lowest BCUT2D eigenvalue weighted by Gasteiger charge is -2.11. The molecule has 6 heteroatoms. The number of halogens is 1. The first-order valence-electron chi connectivity index (χ1n) is 6.79. The zero-order chi connectivity index (χ0) is 14.1. The van der Waals surface area contributed by atoms with Crippen LogP contribution in [0.15, 0.2) is 16.9 Å². The fraction of sp³-hybridized carbons (Fsp3) is 0.429. The lowest BCUT2D eigenvalue weighted by atomic mass is 10.2. The van der Waals surface area contributed by atoms with Gasteiger partial charge >= 0.3 is 0 Å². The molecular weight excluding hydrogens is 318 g/mol. The third-order valence-electron chi connectivity index (χ3n) is 3.17. The third-order valence-corrected chi connectivity index (χ3v) is 3.95. The summed E-state index contributed by atoms with van der Waals surface area (Å²) >= 11 is 3.61. The summed E-state index contributed by atoms with van der Waals surface area (Å²) in [5.41, 5.74) is 2.09. The Morgan fingerprint density at radius 2 is 1.90 bits per heavy atom. The summed E-state index contributed by atoms with van der Waals surface area (Å²) in [5, 5.41) is 3.27. The molecule has 3 rings (SSSR count). The highest BCUT2D eigenvalue weighted by molar-refractivity contribution is 9.10. The van der Waals surface area contributed by atoms with Gasteiger partial charge in [-0.2, -0.15) is 0 Å². The molecule has 0 atom stereocenters. The number of aromatic nitrogens is 4. The molecule has 5 nitrogen and oxygen atoms in total. The number of nitrogens with zero attached hydrogens (tertiary/aromatic N) is 4. The Morgan fingerprint density at radius 1 is 1.20 bits per heavy atom. The Balaban J connectivity index is 2.07. The summed E-state index contributed by atoms with van der Waals surface area (Å²) in [7, 11) is 0. The predicted octanol–water partition coefficient (Wildman–Crippen LogP) is 3.31. The maximum atomic E-state index is 4.65. The molecule has 0 spiro atoms. The molecule has 2 aromatic rings. The first-order valence-corrected chi connectivity index (χ1v) is 7.58. The molecule has 0 radical (unpaired) electrons. The average Bonchev–Trinajstić information content (AvgIpc) is 3.27. The first kappa shape index (κ1) is 13.4. The van der Waals surface area contributed by atoms with E-state index in [4.69, 9.17) is 0 Å². The van der Waals surface area contributed by atoms with Gasteiger partial charge in [0.1, 0.15) is 5.82 Å². The van der Waals surface area contributed by atoms with Crippen LogP contribution in [0.25, 0.3) is 11.6 Å². The van der Waals surface area contributed by atoms with E-state index in [0.717, 1.165) is 28.1 Å². The molecule has 0 bridgehead atoms. The highest BCUT2D eigenvalue weighted by atomic mass is 79.9. The summed E-state index contributed by atoms with van der Waals surface area (Å²) in [6.45, 7) is 4.83. The van der Waals surface area contributed by atoms with Crippen molar-refractivity contribution in [1.29, 1.82) is 0 Å². The van der Waals surface area contributed by atoms with Gasteiger partial charge in [0.25, 0.3) is 0 Å². The van der Waals surface area contributed by atoms with Crippen LogP contribution < -0.4 is 5.32 Å². The summed E-state index contributed by atoms with van der Waals surface area (Å²) in [6.07, 6.45) is 5.96. The molecule has 0 aromatic carbocycles. The van der Waals surface area contributed by atoms with Crippen LogP contribution in [0, 0.1) is 6.92 Å². The maximum absolute atomic E-state index is 4.65. The number of aryl methyl sites for hydroxylation is 1. The standard InChI is InChI=1S/C14H16BrN5/c1-3-16-12-10(15)11(9-4-5-9)19-14(20-12)13-17-6-8(2)7-18-13/h6-7,9H,3-5H2,1-2H3,(H,16,19,20). The maximum Gasteiger partial charge on any atom is 0.200 e. The molecule has 2 heterocycles. The molecule has 1 fully saturated rings. The van der Waals surface area contributed by atoms with Crippen LogP contribution in [0.1, 0.15) is 36.9 Å². The van der Waals surface area contributed by atoms with Gasteiger partial charge in [0, 0.05) is 24.9 Å². The molecule has 2 aromatic heterocycles. The van der Waals surface area contributed by atoms with E-state index in [9.17, 15) is 0 Å². The Labute approximate surface area is 126 Å². The van der Waals surface area contributed by atoms with E-state index in [-0.39, 0.29) is 0 Å². The molecule has 104 valence electrons. The van der Waals surface area contributed by atoms with Crippen molar-refractivity contribution in [3.63, 3.8) is 0 Å². The number of hydrogen-bond donors (Lipinski definition) is 1. The van der Waals surface area contributed by atoms with Crippen LogP contribution in [0.4, 0.5) is 5.82 Å². The van der Waals surface area contributed by atoms with Crippen LogP contribution in [0.3, 0.4) is 0 Å². The van der Waals surface area contributed by atoms with Gasteiger partial charge in [0.15, 0.2) is 11.6 Å². The molecule has 0 saturated heterocycles. The van der Waals surface area contributed by atoms with Crippen LogP contribution in [-0.2, 0) is 0 Å². The van der Waals surface area contributed by atoms with Crippen molar-refractivity contribution in [3.05, 3.63) is 28.1 Å². The minimum Gasteiger partial charge on any atom is -0.369 e. The summed E-state index contributed by atoms with van der Waals surface area (Å²) in [6, 6.07) is 0. The van der Waals surface area contributed by atoms with E-state index >= 15 is 0 Å². The van der Waals surface area contributed by atoms with Gasteiger partial charge < -0.3 is 5.32 Å². The molecule has 1 saturated carbocycles. The zero-order valence-corrected chi connectivity index (χ0v) is 13.1. The number of nitrogens with one attached hydrogen (secondary N) is 1. The van der Waals surface area contributed by atoms with Crippen molar-refractivity contribution < 1.29 is 0 Å². The van der Waals surface area contributed by atoms with E-state index < -0.39 is 0 Å². The van der Waals surface area contributed by atoms with Gasteiger partial charge in [0.2, 0.25) is 0 Å². The minimum absolute atomic E-state index is 0.536. The van der Waals surface area contributed by atoms with Crippen molar-refractivity contribution in [2.24, 2.45) is 0 Å². The highest BCUT2D eigenvalue weighted by Crippen LogP contribution is 2.44. The normalized spacial score (nSPS) is 14.3. The number of anilines is 1. The van der Waals surface area contributed by atoms with Gasteiger partial charge in [-0.1, -0.05) is 0 Å². The van der Waals surface area contributed by atoms with Crippen molar-refractivity contribution in [1.82, 2.24) is 19.9 Å². The summed E-state index contributed by atoms with van der Waals surface area (Å²) in [5.74, 6) is 2.52. The van der Waals surface area contributed by atoms with E-state index in [2.05, 4.69) is 41.2 Å². The molecule has 20 heavy (non-hydrogen) atoms. The Morgan fingerprint density at radius 3 is 2.50 bits per heavy atom. The largest absolute Gasteiger partial charge is 0.369 e. The quantitative estimate of drug-likeness (QED) is 0.929. The van der Waals surface area contributed by atoms with Crippen LogP contribution in [0.2, 0.25) is 0 Å². The summed E-state index contributed by atoms with van der Waals surface area (Å²) < 4.78 is 0.970. The van der Waals surface area contributed by atoms with Crippen molar-refractivity contribution in [3.8, 4) is 11.6 Å². The lowest BCUT2D eigenvalue weighted by Crippen LogP contribution is -2.07. The number of hydrogen-bond acceptors (Lipinski definition) is 5. The van der Waals surface area contributed by atoms with Crippen molar-refractivity contribution in [2.45, 2.75) is 32.6 Å². The van der Waals surface area contributed by atoms with Gasteiger partial charge in [-0.15, -0.1) is 0 Å². The van der Waals surface area contributed by atoms with Gasteiger partial charge in [0.05, 0.1) is 10.2 Å².